The van der Waals surface area contributed by atoms with Gasteiger partial charge in [-0.3, -0.25) is 14.5 Å². The molecule has 1 amide bonds. The minimum atomic E-state index is -0.737. The highest BCUT2D eigenvalue weighted by Gasteiger charge is 2.22. The van der Waals surface area contributed by atoms with Crippen LogP contribution in [0.1, 0.15) is 29.6 Å². The molecule has 7 heteroatoms. The van der Waals surface area contributed by atoms with Crippen molar-refractivity contribution < 1.29 is 19.4 Å². The Hall–Kier alpha value is -1.79. The number of halogens is 1. The molecule has 1 saturated heterocycles. The lowest BCUT2D eigenvalue weighted by Crippen LogP contribution is -2.48. The SMILES string of the molecule is COc1cccc(C(=O)N2CCN(CCCCC(=O)O)CC2)c1.Cl. The molecule has 0 aliphatic carbocycles. The number of nitrogens with zero attached hydrogens (tertiary/aromatic N) is 2. The van der Waals surface area contributed by atoms with Gasteiger partial charge in [-0.25, -0.2) is 0 Å². The van der Waals surface area contributed by atoms with Crippen molar-refractivity contribution in [3.05, 3.63) is 29.8 Å². The van der Waals surface area contributed by atoms with Crippen LogP contribution in [0.25, 0.3) is 0 Å². The number of carbonyl (C=O) groups excluding carboxylic acids is 1. The van der Waals surface area contributed by atoms with E-state index in [0.29, 0.717) is 30.8 Å². The maximum absolute atomic E-state index is 12.5. The smallest absolute Gasteiger partial charge is 0.303 e. The quantitative estimate of drug-likeness (QED) is 0.758. The van der Waals surface area contributed by atoms with Gasteiger partial charge in [-0.1, -0.05) is 6.07 Å². The summed E-state index contributed by atoms with van der Waals surface area (Å²) in [5, 5.41) is 8.63. The number of hydrogen-bond acceptors (Lipinski definition) is 4. The summed E-state index contributed by atoms with van der Waals surface area (Å²) in [7, 11) is 1.59. The third-order valence-electron chi connectivity index (χ3n) is 4.09. The van der Waals surface area contributed by atoms with Crippen molar-refractivity contribution >= 4 is 24.3 Å². The number of rotatable bonds is 7. The van der Waals surface area contributed by atoms with Crippen LogP contribution in [0.2, 0.25) is 0 Å². The summed E-state index contributed by atoms with van der Waals surface area (Å²) in [5.41, 5.74) is 0.652. The largest absolute Gasteiger partial charge is 0.497 e. The van der Waals surface area contributed by atoms with Crippen molar-refractivity contribution in [1.82, 2.24) is 9.80 Å². The van der Waals surface area contributed by atoms with Gasteiger partial charge in [0.2, 0.25) is 0 Å². The van der Waals surface area contributed by atoms with Crippen LogP contribution in [0.3, 0.4) is 0 Å². The zero-order valence-corrected chi connectivity index (χ0v) is 14.8. The fourth-order valence-corrected chi connectivity index (χ4v) is 2.72. The van der Waals surface area contributed by atoms with Gasteiger partial charge in [0.05, 0.1) is 7.11 Å². The number of methoxy groups -OCH3 is 1. The molecule has 1 aliphatic heterocycles. The maximum atomic E-state index is 12.5. The van der Waals surface area contributed by atoms with Gasteiger partial charge in [0.25, 0.3) is 5.91 Å². The molecular weight excluding hydrogens is 332 g/mol. The summed E-state index contributed by atoms with van der Waals surface area (Å²) >= 11 is 0. The number of hydrogen-bond donors (Lipinski definition) is 1. The average molecular weight is 357 g/mol. The van der Waals surface area contributed by atoms with Crippen LogP contribution in [0, 0.1) is 0 Å². The van der Waals surface area contributed by atoms with Crippen molar-refractivity contribution in [2.75, 3.05) is 39.8 Å². The predicted octanol–water partition coefficient (Wildman–Crippen LogP) is 2.13. The Morgan fingerprint density at radius 1 is 1.17 bits per heavy atom. The zero-order valence-electron chi connectivity index (χ0n) is 13.9. The molecule has 1 aromatic rings. The first-order chi connectivity index (χ1) is 11.1. The van der Waals surface area contributed by atoms with E-state index in [1.807, 2.05) is 23.1 Å². The van der Waals surface area contributed by atoms with Gasteiger partial charge < -0.3 is 14.7 Å². The lowest BCUT2D eigenvalue weighted by Gasteiger charge is -2.34. The van der Waals surface area contributed by atoms with Gasteiger partial charge in [0.1, 0.15) is 5.75 Å². The van der Waals surface area contributed by atoms with Crippen molar-refractivity contribution in [2.24, 2.45) is 0 Å². The number of carbonyl (C=O) groups is 2. The highest BCUT2D eigenvalue weighted by molar-refractivity contribution is 5.94. The van der Waals surface area contributed by atoms with E-state index in [4.69, 9.17) is 9.84 Å². The summed E-state index contributed by atoms with van der Waals surface area (Å²) in [4.78, 5) is 27.1. The minimum Gasteiger partial charge on any atom is -0.497 e. The summed E-state index contributed by atoms with van der Waals surface area (Å²) in [6, 6.07) is 7.22. The van der Waals surface area contributed by atoms with Gasteiger partial charge in [-0.05, 0) is 37.6 Å². The predicted molar refractivity (Wildman–Crippen MR) is 94.1 cm³/mol. The van der Waals surface area contributed by atoms with Crippen LogP contribution in [0.5, 0.6) is 5.75 Å². The van der Waals surface area contributed by atoms with Crippen molar-refractivity contribution in [3.8, 4) is 5.75 Å². The monoisotopic (exact) mass is 356 g/mol. The molecule has 2 rings (SSSR count). The Balaban J connectivity index is 0.00000288. The molecule has 0 spiro atoms. The molecule has 1 heterocycles. The zero-order chi connectivity index (χ0) is 16.7. The normalized spacial score (nSPS) is 14.8. The molecule has 0 aromatic heterocycles. The Bertz CT molecular complexity index is 545. The second kappa shape index (κ2) is 10.2. The number of ether oxygens (including phenoxy) is 1. The van der Waals surface area contributed by atoms with Gasteiger partial charge in [0.15, 0.2) is 0 Å². The minimum absolute atomic E-state index is 0. The molecule has 6 nitrogen and oxygen atoms in total. The third kappa shape index (κ3) is 6.02. The second-order valence-electron chi connectivity index (χ2n) is 5.72. The Kier molecular flexibility index (Phi) is 8.57. The molecule has 0 saturated carbocycles. The fourth-order valence-electron chi connectivity index (χ4n) is 2.72. The molecule has 1 fully saturated rings. The van der Waals surface area contributed by atoms with E-state index in [1.165, 1.54) is 0 Å². The molecule has 134 valence electrons. The Morgan fingerprint density at radius 2 is 1.88 bits per heavy atom. The van der Waals surface area contributed by atoms with Crippen LogP contribution in [-0.4, -0.2) is 66.6 Å². The standard InChI is InChI=1S/C17H24N2O4.ClH/c1-23-15-6-4-5-14(13-15)17(22)19-11-9-18(10-12-19)8-3-2-7-16(20)21;/h4-6,13H,2-3,7-12H2,1H3,(H,20,21);1H. The highest BCUT2D eigenvalue weighted by Crippen LogP contribution is 2.15. The summed E-state index contributed by atoms with van der Waals surface area (Å²) in [6.45, 7) is 3.98. The van der Waals surface area contributed by atoms with Crippen molar-refractivity contribution in [2.45, 2.75) is 19.3 Å². The van der Waals surface area contributed by atoms with Crippen LogP contribution < -0.4 is 4.74 Å². The van der Waals surface area contributed by atoms with Gasteiger partial charge >= 0.3 is 5.97 Å². The summed E-state index contributed by atoms with van der Waals surface area (Å²) in [6.07, 6.45) is 1.82. The molecule has 0 atom stereocenters. The number of amides is 1. The summed E-state index contributed by atoms with van der Waals surface area (Å²) in [5.74, 6) is -0.0129. The molecule has 0 radical (unpaired) electrons. The molecular formula is C17H25ClN2O4. The Morgan fingerprint density at radius 3 is 2.50 bits per heavy atom. The number of carboxylic acids is 1. The summed E-state index contributed by atoms with van der Waals surface area (Å²) < 4.78 is 5.16. The lowest BCUT2D eigenvalue weighted by atomic mass is 10.1. The molecule has 1 N–H and O–H groups in total. The van der Waals surface area contributed by atoms with E-state index in [0.717, 1.165) is 26.1 Å². The number of carboxylic acid groups (broad SMARTS) is 1. The topological polar surface area (TPSA) is 70.1 Å². The Labute approximate surface area is 148 Å². The van der Waals surface area contributed by atoms with Gasteiger partial charge in [0, 0.05) is 38.2 Å². The van der Waals surface area contributed by atoms with E-state index < -0.39 is 5.97 Å². The number of benzene rings is 1. The molecule has 24 heavy (non-hydrogen) atoms. The first-order valence-electron chi connectivity index (χ1n) is 7.97. The van der Waals surface area contributed by atoms with Gasteiger partial charge in [-0.15, -0.1) is 12.4 Å². The van der Waals surface area contributed by atoms with E-state index in [2.05, 4.69) is 4.90 Å². The molecule has 0 bridgehead atoms. The third-order valence-corrected chi connectivity index (χ3v) is 4.09. The van der Waals surface area contributed by atoms with E-state index in [9.17, 15) is 9.59 Å². The number of aliphatic carboxylic acids is 1. The fraction of sp³-hybridized carbons (Fsp3) is 0.529. The molecule has 1 aromatic carbocycles. The van der Waals surface area contributed by atoms with Crippen LogP contribution >= 0.6 is 12.4 Å². The first kappa shape index (κ1) is 20.3. The van der Waals surface area contributed by atoms with Crippen molar-refractivity contribution in [1.29, 1.82) is 0 Å². The highest BCUT2D eigenvalue weighted by atomic mass is 35.5. The number of piperazine rings is 1. The van der Waals surface area contributed by atoms with Crippen molar-refractivity contribution in [3.63, 3.8) is 0 Å². The van der Waals surface area contributed by atoms with E-state index in [1.54, 1.807) is 13.2 Å². The maximum Gasteiger partial charge on any atom is 0.303 e. The van der Waals surface area contributed by atoms with Gasteiger partial charge in [-0.2, -0.15) is 0 Å². The van der Waals surface area contributed by atoms with Crippen LogP contribution in [0.15, 0.2) is 24.3 Å². The van der Waals surface area contributed by atoms with Crippen LogP contribution in [0.4, 0.5) is 0 Å². The average Bonchev–Trinajstić information content (AvgIpc) is 2.58. The number of unbranched alkanes of at least 4 members (excludes halogenated alkanes) is 1. The molecule has 0 unspecified atom stereocenters. The lowest BCUT2D eigenvalue weighted by molar-refractivity contribution is -0.137. The second-order valence-corrected chi connectivity index (χ2v) is 5.72. The molecule has 1 aliphatic rings. The first-order valence-corrected chi connectivity index (χ1v) is 7.97. The van der Waals surface area contributed by atoms with E-state index >= 15 is 0 Å². The van der Waals surface area contributed by atoms with E-state index in [-0.39, 0.29) is 24.7 Å². The van der Waals surface area contributed by atoms with Crippen LogP contribution in [-0.2, 0) is 4.79 Å².